The molecule has 0 aliphatic rings. The fourth-order valence-electron chi connectivity index (χ4n) is 2.08. The summed E-state index contributed by atoms with van der Waals surface area (Å²) in [5.41, 5.74) is 1.93. The molecule has 0 aromatic heterocycles. The highest BCUT2D eigenvalue weighted by Crippen LogP contribution is 2.17. The topological polar surface area (TPSA) is 29.5 Å². The van der Waals surface area contributed by atoms with Gasteiger partial charge in [-0.1, -0.05) is 18.2 Å². The Balaban J connectivity index is 2.04. The zero-order valence-corrected chi connectivity index (χ0v) is 12.2. The van der Waals surface area contributed by atoms with Crippen molar-refractivity contribution < 1.29 is 13.9 Å². The summed E-state index contributed by atoms with van der Waals surface area (Å²) in [7, 11) is 0. The number of aryl methyl sites for hydroxylation is 1. The van der Waals surface area contributed by atoms with Crippen molar-refractivity contribution in [2.24, 2.45) is 0 Å². The number of anilines is 1. The number of hydrogen-bond acceptors (Lipinski definition) is 2. The zero-order chi connectivity index (χ0) is 15.2. The van der Waals surface area contributed by atoms with Gasteiger partial charge in [-0.2, -0.15) is 0 Å². The Morgan fingerprint density at radius 2 is 1.95 bits per heavy atom. The Bertz CT molecular complexity index is 628. The Labute approximate surface area is 124 Å². The summed E-state index contributed by atoms with van der Waals surface area (Å²) in [5.74, 6) is -0.193. The third-order valence-corrected chi connectivity index (χ3v) is 3.09. The average Bonchev–Trinajstić information content (AvgIpc) is 2.46. The third-order valence-electron chi connectivity index (χ3n) is 3.09. The van der Waals surface area contributed by atoms with Gasteiger partial charge in [-0.05, 0) is 43.7 Å². The van der Waals surface area contributed by atoms with Gasteiger partial charge < -0.3 is 9.64 Å². The highest BCUT2D eigenvalue weighted by molar-refractivity contribution is 5.94. The summed E-state index contributed by atoms with van der Waals surface area (Å²) < 4.78 is 18.4. The molecular weight excluding hydrogens is 269 g/mol. The Hall–Kier alpha value is -2.36. The van der Waals surface area contributed by atoms with Crippen molar-refractivity contribution in [3.8, 4) is 5.75 Å². The van der Waals surface area contributed by atoms with E-state index in [4.69, 9.17) is 4.74 Å². The van der Waals surface area contributed by atoms with Crippen LogP contribution in [0.3, 0.4) is 0 Å². The number of likely N-dealkylation sites (N-methyl/N-ethyl adjacent to an activating group) is 1. The van der Waals surface area contributed by atoms with E-state index in [1.807, 2.05) is 38.1 Å². The van der Waals surface area contributed by atoms with Crippen LogP contribution in [-0.4, -0.2) is 19.1 Å². The quantitative estimate of drug-likeness (QED) is 0.841. The van der Waals surface area contributed by atoms with Gasteiger partial charge in [-0.15, -0.1) is 0 Å². The van der Waals surface area contributed by atoms with Crippen LogP contribution in [0.5, 0.6) is 5.75 Å². The lowest BCUT2D eigenvalue weighted by atomic mass is 10.2. The van der Waals surface area contributed by atoms with E-state index in [-0.39, 0.29) is 18.3 Å². The summed E-state index contributed by atoms with van der Waals surface area (Å²) >= 11 is 0. The molecule has 2 aromatic carbocycles. The van der Waals surface area contributed by atoms with Crippen molar-refractivity contribution in [2.45, 2.75) is 13.8 Å². The van der Waals surface area contributed by atoms with E-state index >= 15 is 0 Å². The van der Waals surface area contributed by atoms with Crippen molar-refractivity contribution in [2.75, 3.05) is 18.1 Å². The Morgan fingerprint density at radius 3 is 2.62 bits per heavy atom. The number of hydrogen-bond donors (Lipinski definition) is 0. The molecule has 0 N–H and O–H groups in total. The lowest BCUT2D eigenvalue weighted by molar-refractivity contribution is -0.120. The van der Waals surface area contributed by atoms with Gasteiger partial charge in [-0.3, -0.25) is 4.79 Å². The van der Waals surface area contributed by atoms with E-state index in [1.54, 1.807) is 17.0 Å². The molecule has 0 bridgehead atoms. The van der Waals surface area contributed by atoms with Crippen LogP contribution in [0.4, 0.5) is 10.1 Å². The second-order valence-corrected chi connectivity index (χ2v) is 4.72. The summed E-state index contributed by atoms with van der Waals surface area (Å²) in [6, 6.07) is 13.5. The molecule has 3 nitrogen and oxygen atoms in total. The summed E-state index contributed by atoms with van der Waals surface area (Å²) in [6.07, 6.45) is 0. The van der Waals surface area contributed by atoms with Crippen LogP contribution in [0, 0.1) is 12.7 Å². The molecule has 110 valence electrons. The molecule has 0 radical (unpaired) electrons. The van der Waals surface area contributed by atoms with E-state index in [9.17, 15) is 9.18 Å². The van der Waals surface area contributed by atoms with Gasteiger partial charge in [0.1, 0.15) is 11.6 Å². The molecule has 0 heterocycles. The number of halogens is 1. The molecule has 21 heavy (non-hydrogen) atoms. The second-order valence-electron chi connectivity index (χ2n) is 4.72. The highest BCUT2D eigenvalue weighted by Gasteiger charge is 2.14. The van der Waals surface area contributed by atoms with Crippen LogP contribution >= 0.6 is 0 Å². The summed E-state index contributed by atoms with van der Waals surface area (Å²) in [5, 5.41) is 0. The maximum atomic E-state index is 13.1. The van der Waals surface area contributed by atoms with Crippen LogP contribution in [0.2, 0.25) is 0 Å². The number of carbonyl (C=O) groups is 1. The molecule has 0 fully saturated rings. The predicted octanol–water partition coefficient (Wildman–Crippen LogP) is 3.57. The lowest BCUT2D eigenvalue weighted by Gasteiger charge is -2.21. The largest absolute Gasteiger partial charge is 0.484 e. The van der Waals surface area contributed by atoms with Gasteiger partial charge in [0.2, 0.25) is 0 Å². The molecule has 0 aliphatic carbocycles. The minimum Gasteiger partial charge on any atom is -0.484 e. The molecular formula is C17H18FNO2. The Kier molecular flexibility index (Phi) is 4.93. The molecule has 0 aliphatic heterocycles. The van der Waals surface area contributed by atoms with Crippen molar-refractivity contribution in [3.63, 3.8) is 0 Å². The fraction of sp³-hybridized carbons (Fsp3) is 0.235. The molecule has 0 spiro atoms. The van der Waals surface area contributed by atoms with Gasteiger partial charge in [0, 0.05) is 18.3 Å². The highest BCUT2D eigenvalue weighted by atomic mass is 19.1. The van der Waals surface area contributed by atoms with Crippen molar-refractivity contribution in [3.05, 3.63) is 59.9 Å². The second kappa shape index (κ2) is 6.88. The number of nitrogens with zero attached hydrogens (tertiary/aromatic N) is 1. The maximum Gasteiger partial charge on any atom is 0.264 e. The van der Waals surface area contributed by atoms with Crippen LogP contribution in [0.1, 0.15) is 12.5 Å². The number of carbonyl (C=O) groups excluding carboxylic acids is 1. The maximum absolute atomic E-state index is 13.1. The third kappa shape index (κ3) is 4.05. The average molecular weight is 287 g/mol. The van der Waals surface area contributed by atoms with Crippen LogP contribution in [-0.2, 0) is 4.79 Å². The smallest absolute Gasteiger partial charge is 0.264 e. The summed E-state index contributed by atoms with van der Waals surface area (Å²) in [4.78, 5) is 13.9. The number of rotatable bonds is 5. The molecule has 2 aromatic rings. The van der Waals surface area contributed by atoms with Crippen LogP contribution in [0.25, 0.3) is 0 Å². The summed E-state index contributed by atoms with van der Waals surface area (Å²) in [6.45, 7) is 4.31. The molecule has 2 rings (SSSR count). The van der Waals surface area contributed by atoms with Gasteiger partial charge in [0.25, 0.3) is 5.91 Å². The fourth-order valence-corrected chi connectivity index (χ4v) is 2.08. The minimum absolute atomic E-state index is 0.120. The molecule has 0 saturated heterocycles. The molecule has 4 heteroatoms. The zero-order valence-electron chi connectivity index (χ0n) is 12.2. The van der Waals surface area contributed by atoms with E-state index in [1.165, 1.54) is 12.1 Å². The molecule has 0 atom stereocenters. The Morgan fingerprint density at radius 1 is 1.19 bits per heavy atom. The minimum atomic E-state index is -0.383. The van der Waals surface area contributed by atoms with Crippen LogP contribution in [0.15, 0.2) is 48.5 Å². The first-order valence-electron chi connectivity index (χ1n) is 6.85. The van der Waals surface area contributed by atoms with Gasteiger partial charge in [0.05, 0.1) is 0 Å². The van der Waals surface area contributed by atoms with E-state index in [0.29, 0.717) is 12.3 Å². The van der Waals surface area contributed by atoms with Gasteiger partial charge in [0.15, 0.2) is 6.61 Å². The predicted molar refractivity (Wildman–Crippen MR) is 81.1 cm³/mol. The van der Waals surface area contributed by atoms with Gasteiger partial charge >= 0.3 is 0 Å². The molecule has 1 amide bonds. The van der Waals surface area contributed by atoms with Crippen molar-refractivity contribution in [1.29, 1.82) is 0 Å². The normalized spacial score (nSPS) is 10.2. The van der Waals surface area contributed by atoms with Crippen molar-refractivity contribution >= 4 is 11.6 Å². The number of ether oxygens (including phenoxy) is 1. The van der Waals surface area contributed by atoms with E-state index in [2.05, 4.69) is 0 Å². The standard InChI is InChI=1S/C17H18FNO2/c1-3-19(15-8-4-6-13(2)10-15)17(20)12-21-16-9-5-7-14(18)11-16/h4-11H,3,12H2,1-2H3. The monoisotopic (exact) mass is 287 g/mol. The SMILES string of the molecule is CCN(C(=O)COc1cccc(F)c1)c1cccc(C)c1. The van der Waals surface area contributed by atoms with Crippen molar-refractivity contribution in [1.82, 2.24) is 0 Å². The lowest BCUT2D eigenvalue weighted by Crippen LogP contribution is -2.34. The first-order valence-corrected chi connectivity index (χ1v) is 6.85. The van der Waals surface area contributed by atoms with Gasteiger partial charge in [-0.25, -0.2) is 4.39 Å². The first kappa shape index (κ1) is 15.0. The first-order chi connectivity index (χ1) is 10.1. The number of benzene rings is 2. The van der Waals surface area contributed by atoms with Crippen LogP contribution < -0.4 is 9.64 Å². The van der Waals surface area contributed by atoms with E-state index in [0.717, 1.165) is 11.3 Å². The molecule has 0 unspecified atom stereocenters. The van der Waals surface area contributed by atoms with E-state index < -0.39 is 0 Å². The molecule has 0 saturated carbocycles. The number of amides is 1.